The summed E-state index contributed by atoms with van der Waals surface area (Å²) in [6.07, 6.45) is 2.79. The largest absolute Gasteiger partial charge is 0.340 e. The van der Waals surface area contributed by atoms with Crippen LogP contribution in [0, 0.1) is 5.92 Å². The average molecular weight is 456 g/mol. The summed E-state index contributed by atoms with van der Waals surface area (Å²) in [5, 5.41) is 2.05. The fraction of sp³-hybridized carbons (Fsp3) is 0.379. The second-order valence-electron chi connectivity index (χ2n) is 9.52. The maximum absolute atomic E-state index is 13.4. The van der Waals surface area contributed by atoms with Crippen molar-refractivity contribution in [1.82, 2.24) is 14.7 Å². The third-order valence-corrected chi connectivity index (χ3v) is 7.32. The van der Waals surface area contributed by atoms with E-state index in [4.69, 9.17) is 0 Å². The van der Waals surface area contributed by atoms with E-state index >= 15 is 0 Å². The number of rotatable bonds is 5. The van der Waals surface area contributed by atoms with Gasteiger partial charge in [-0.15, -0.1) is 0 Å². The van der Waals surface area contributed by atoms with E-state index in [1.54, 1.807) is 0 Å². The molecule has 2 amide bonds. The monoisotopic (exact) mass is 455 g/mol. The number of likely N-dealkylation sites (tertiary alicyclic amines) is 1. The SMILES string of the molecule is O=C(c1cccc2ccccc12)N1CCC[C@H](C(=O)N2CCN(CCc3ccccc3)CC2)C1. The number of hydrogen-bond acceptors (Lipinski definition) is 3. The van der Waals surface area contributed by atoms with Crippen LogP contribution in [0.2, 0.25) is 0 Å². The zero-order chi connectivity index (χ0) is 23.3. The minimum atomic E-state index is -0.0939. The molecule has 5 nitrogen and oxygen atoms in total. The van der Waals surface area contributed by atoms with Gasteiger partial charge in [-0.25, -0.2) is 0 Å². The number of nitrogens with zero attached hydrogens (tertiary/aromatic N) is 3. The lowest BCUT2D eigenvalue weighted by Crippen LogP contribution is -2.53. The zero-order valence-electron chi connectivity index (χ0n) is 19.7. The molecule has 0 radical (unpaired) electrons. The second kappa shape index (κ2) is 10.4. The van der Waals surface area contributed by atoms with Crippen LogP contribution in [-0.2, 0) is 11.2 Å². The summed E-state index contributed by atoms with van der Waals surface area (Å²) in [4.78, 5) is 33.1. The summed E-state index contributed by atoms with van der Waals surface area (Å²) in [7, 11) is 0. The van der Waals surface area contributed by atoms with Crippen molar-refractivity contribution >= 4 is 22.6 Å². The summed E-state index contributed by atoms with van der Waals surface area (Å²) in [5.41, 5.74) is 2.09. The molecule has 2 aliphatic heterocycles. The summed E-state index contributed by atoms with van der Waals surface area (Å²) in [6, 6.07) is 24.5. The Morgan fingerprint density at radius 2 is 1.50 bits per heavy atom. The highest BCUT2D eigenvalue weighted by Gasteiger charge is 2.33. The first-order valence-electron chi connectivity index (χ1n) is 12.5. The molecule has 3 aromatic rings. The summed E-state index contributed by atoms with van der Waals surface area (Å²) in [6.45, 7) is 5.67. The van der Waals surface area contributed by atoms with Gasteiger partial charge < -0.3 is 9.80 Å². The molecule has 2 saturated heterocycles. The molecule has 0 aliphatic carbocycles. The van der Waals surface area contributed by atoms with Gasteiger partial charge in [0.05, 0.1) is 5.92 Å². The minimum Gasteiger partial charge on any atom is -0.340 e. The van der Waals surface area contributed by atoms with Crippen molar-refractivity contribution in [2.75, 3.05) is 45.8 Å². The van der Waals surface area contributed by atoms with E-state index in [0.29, 0.717) is 6.54 Å². The maximum Gasteiger partial charge on any atom is 0.254 e. The Hall–Kier alpha value is -3.18. The molecule has 0 N–H and O–H groups in total. The highest BCUT2D eigenvalue weighted by Crippen LogP contribution is 2.25. The third kappa shape index (κ3) is 5.00. The Labute approximate surface area is 202 Å². The van der Waals surface area contributed by atoms with Gasteiger partial charge in [0, 0.05) is 51.4 Å². The van der Waals surface area contributed by atoms with Crippen molar-refractivity contribution in [3.05, 3.63) is 83.9 Å². The first-order chi connectivity index (χ1) is 16.7. The van der Waals surface area contributed by atoms with Crippen LogP contribution >= 0.6 is 0 Å². The molecule has 0 unspecified atom stereocenters. The number of amides is 2. The van der Waals surface area contributed by atoms with Crippen LogP contribution < -0.4 is 0 Å². The van der Waals surface area contributed by atoms with Gasteiger partial charge in [-0.1, -0.05) is 66.7 Å². The Morgan fingerprint density at radius 1 is 0.765 bits per heavy atom. The Kier molecular flexibility index (Phi) is 6.91. The normalized spacial score (nSPS) is 19.4. The number of hydrogen-bond donors (Lipinski definition) is 0. The Bertz CT molecular complexity index is 1130. The number of piperidine rings is 1. The maximum atomic E-state index is 13.4. The lowest BCUT2D eigenvalue weighted by Gasteiger charge is -2.39. The number of fused-ring (bicyclic) bond motifs is 1. The fourth-order valence-electron chi connectivity index (χ4n) is 5.33. The van der Waals surface area contributed by atoms with Crippen LogP contribution in [0.4, 0.5) is 0 Å². The summed E-state index contributed by atoms with van der Waals surface area (Å²) >= 11 is 0. The first kappa shape index (κ1) is 22.6. The molecule has 0 spiro atoms. The minimum absolute atomic E-state index is 0.0417. The van der Waals surface area contributed by atoms with E-state index in [-0.39, 0.29) is 17.7 Å². The summed E-state index contributed by atoms with van der Waals surface area (Å²) < 4.78 is 0. The van der Waals surface area contributed by atoms with E-state index in [2.05, 4.69) is 35.2 Å². The molecular formula is C29H33N3O2. The van der Waals surface area contributed by atoms with E-state index < -0.39 is 0 Å². The highest BCUT2D eigenvalue weighted by molar-refractivity contribution is 6.07. The lowest BCUT2D eigenvalue weighted by atomic mass is 9.95. The van der Waals surface area contributed by atoms with E-state index in [0.717, 1.165) is 74.9 Å². The van der Waals surface area contributed by atoms with Crippen molar-refractivity contribution in [1.29, 1.82) is 0 Å². The van der Waals surface area contributed by atoms with Crippen LogP contribution in [-0.4, -0.2) is 72.3 Å². The van der Waals surface area contributed by atoms with Crippen molar-refractivity contribution < 1.29 is 9.59 Å². The fourth-order valence-corrected chi connectivity index (χ4v) is 5.33. The summed E-state index contributed by atoms with van der Waals surface area (Å²) in [5.74, 6) is 0.168. The molecule has 2 aliphatic rings. The predicted octanol–water partition coefficient (Wildman–Crippen LogP) is 4.08. The van der Waals surface area contributed by atoms with Crippen molar-refractivity contribution in [3.8, 4) is 0 Å². The van der Waals surface area contributed by atoms with Crippen LogP contribution in [0.15, 0.2) is 72.8 Å². The molecule has 5 rings (SSSR count). The Balaban J connectivity index is 1.16. The van der Waals surface area contributed by atoms with Gasteiger partial charge in [-0.2, -0.15) is 0 Å². The zero-order valence-corrected chi connectivity index (χ0v) is 19.7. The number of benzene rings is 3. The van der Waals surface area contributed by atoms with Gasteiger partial charge in [0.15, 0.2) is 0 Å². The number of carbonyl (C=O) groups is 2. The van der Waals surface area contributed by atoms with Gasteiger partial charge in [0.1, 0.15) is 0 Å². The predicted molar refractivity (Wildman–Crippen MR) is 136 cm³/mol. The van der Waals surface area contributed by atoms with Gasteiger partial charge in [0.25, 0.3) is 5.91 Å². The molecule has 1 atom stereocenters. The number of carbonyl (C=O) groups excluding carboxylic acids is 2. The topological polar surface area (TPSA) is 43.9 Å². The van der Waals surface area contributed by atoms with Crippen molar-refractivity contribution in [2.45, 2.75) is 19.3 Å². The molecule has 0 aromatic heterocycles. The standard InChI is InChI=1S/C29H33N3O2/c33-28(31-20-18-30(19-21-31)17-15-23-8-2-1-3-9-23)25-12-7-16-32(22-25)29(34)27-14-6-11-24-10-4-5-13-26(24)27/h1-6,8-11,13-14,25H,7,12,15-22H2/t25-/m0/s1. The quantitative estimate of drug-likeness (QED) is 0.582. The van der Waals surface area contributed by atoms with Gasteiger partial charge in [-0.05, 0) is 41.7 Å². The molecule has 5 heteroatoms. The van der Waals surface area contributed by atoms with Crippen LogP contribution in [0.3, 0.4) is 0 Å². The van der Waals surface area contributed by atoms with Crippen molar-refractivity contribution in [2.24, 2.45) is 5.92 Å². The Morgan fingerprint density at radius 3 is 2.32 bits per heavy atom. The molecule has 34 heavy (non-hydrogen) atoms. The smallest absolute Gasteiger partial charge is 0.254 e. The molecule has 3 aromatic carbocycles. The van der Waals surface area contributed by atoms with Gasteiger partial charge in [0.2, 0.25) is 5.91 Å². The number of piperazine rings is 1. The van der Waals surface area contributed by atoms with Crippen LogP contribution in [0.5, 0.6) is 0 Å². The van der Waals surface area contributed by atoms with Crippen LogP contribution in [0.25, 0.3) is 10.8 Å². The lowest BCUT2D eigenvalue weighted by molar-refractivity contribution is -0.138. The molecule has 2 heterocycles. The highest BCUT2D eigenvalue weighted by atomic mass is 16.2. The molecular weight excluding hydrogens is 422 g/mol. The van der Waals surface area contributed by atoms with E-state index in [1.165, 1.54) is 5.56 Å². The molecule has 176 valence electrons. The van der Waals surface area contributed by atoms with Crippen LogP contribution in [0.1, 0.15) is 28.8 Å². The third-order valence-electron chi connectivity index (χ3n) is 7.32. The van der Waals surface area contributed by atoms with E-state index in [1.807, 2.05) is 52.3 Å². The molecule has 0 bridgehead atoms. The van der Waals surface area contributed by atoms with Gasteiger partial charge >= 0.3 is 0 Å². The first-order valence-corrected chi connectivity index (χ1v) is 12.5. The van der Waals surface area contributed by atoms with Crippen molar-refractivity contribution in [3.63, 3.8) is 0 Å². The van der Waals surface area contributed by atoms with Gasteiger partial charge in [-0.3, -0.25) is 14.5 Å². The average Bonchev–Trinajstić information content (AvgIpc) is 2.92. The molecule has 2 fully saturated rings. The molecule has 0 saturated carbocycles. The van der Waals surface area contributed by atoms with E-state index in [9.17, 15) is 9.59 Å². The second-order valence-corrected chi connectivity index (χ2v) is 9.52.